The highest BCUT2D eigenvalue weighted by atomic mass is 79.9. The summed E-state index contributed by atoms with van der Waals surface area (Å²) in [7, 11) is 0. The van der Waals surface area contributed by atoms with Crippen LogP contribution in [0.3, 0.4) is 0 Å². The minimum Gasteiger partial charge on any atom is -0.444 e. The lowest BCUT2D eigenvalue weighted by Crippen LogP contribution is -2.48. The van der Waals surface area contributed by atoms with E-state index in [1.807, 2.05) is 20.8 Å². The number of carbonyl (C=O) groups excluding carboxylic acids is 2. The summed E-state index contributed by atoms with van der Waals surface area (Å²) in [5, 5.41) is 5.55. The topological polar surface area (TPSA) is 70.7 Å². The molecule has 0 aliphatic carbocycles. The standard InChI is InChI=1S/C18H25BrFN3O3/c1-11-9-13(19)14(20)10-15(11)22-16(24)21-12-5-7-23(8-6-12)17(25)26-18(2,3)4/h9-10,12H,5-8H2,1-4H3,(H2,21,22,24). The fraction of sp³-hybridized carbons (Fsp3) is 0.556. The zero-order valence-corrected chi connectivity index (χ0v) is 17.1. The predicted molar refractivity (Wildman–Crippen MR) is 102 cm³/mol. The Morgan fingerprint density at radius 1 is 1.27 bits per heavy atom. The summed E-state index contributed by atoms with van der Waals surface area (Å²) in [6.07, 6.45) is 0.946. The van der Waals surface area contributed by atoms with Gasteiger partial charge in [0.1, 0.15) is 11.4 Å². The second-order valence-corrected chi connectivity index (χ2v) is 8.28. The number of rotatable bonds is 2. The first-order chi connectivity index (χ1) is 12.0. The van der Waals surface area contributed by atoms with Gasteiger partial charge in [-0.05, 0) is 74.2 Å². The van der Waals surface area contributed by atoms with Gasteiger partial charge >= 0.3 is 12.1 Å². The lowest BCUT2D eigenvalue weighted by molar-refractivity contribution is 0.0202. The zero-order chi connectivity index (χ0) is 19.5. The van der Waals surface area contributed by atoms with Gasteiger partial charge in [-0.1, -0.05) is 0 Å². The Morgan fingerprint density at radius 3 is 2.46 bits per heavy atom. The summed E-state index contributed by atoms with van der Waals surface area (Å²) in [6, 6.07) is 2.47. The Balaban J connectivity index is 1.83. The number of likely N-dealkylation sites (tertiary alicyclic amines) is 1. The molecule has 0 unspecified atom stereocenters. The largest absolute Gasteiger partial charge is 0.444 e. The van der Waals surface area contributed by atoms with Crippen LogP contribution in [0.25, 0.3) is 0 Å². The number of urea groups is 1. The number of nitrogens with zero attached hydrogens (tertiary/aromatic N) is 1. The molecule has 1 aromatic carbocycles. The van der Waals surface area contributed by atoms with Crippen molar-refractivity contribution in [1.29, 1.82) is 0 Å². The maximum absolute atomic E-state index is 13.6. The van der Waals surface area contributed by atoms with Crippen molar-refractivity contribution in [1.82, 2.24) is 10.2 Å². The average Bonchev–Trinajstić information content (AvgIpc) is 2.51. The van der Waals surface area contributed by atoms with Crippen LogP contribution >= 0.6 is 15.9 Å². The minimum absolute atomic E-state index is 0.0470. The van der Waals surface area contributed by atoms with Crippen LogP contribution in [0.1, 0.15) is 39.2 Å². The van der Waals surface area contributed by atoms with Gasteiger partial charge in [0.25, 0.3) is 0 Å². The fourth-order valence-corrected chi connectivity index (χ4v) is 3.12. The molecule has 0 saturated carbocycles. The molecule has 1 fully saturated rings. The third-order valence-corrected chi connectivity index (χ3v) is 4.61. The summed E-state index contributed by atoms with van der Waals surface area (Å²) >= 11 is 3.12. The van der Waals surface area contributed by atoms with Crippen LogP contribution in [0, 0.1) is 12.7 Å². The monoisotopic (exact) mass is 429 g/mol. The van der Waals surface area contributed by atoms with Crippen molar-refractivity contribution in [2.45, 2.75) is 52.2 Å². The molecule has 1 aromatic rings. The quantitative estimate of drug-likeness (QED) is 0.730. The first-order valence-electron chi connectivity index (χ1n) is 8.56. The smallest absolute Gasteiger partial charge is 0.410 e. The van der Waals surface area contributed by atoms with E-state index in [9.17, 15) is 14.0 Å². The van der Waals surface area contributed by atoms with Gasteiger partial charge in [0.15, 0.2) is 0 Å². The molecular weight excluding hydrogens is 405 g/mol. The molecule has 3 amide bonds. The molecule has 1 aliphatic heterocycles. The highest BCUT2D eigenvalue weighted by Crippen LogP contribution is 2.24. The predicted octanol–water partition coefficient (Wildman–Crippen LogP) is 4.42. The number of benzene rings is 1. The van der Waals surface area contributed by atoms with Crippen molar-refractivity contribution in [3.63, 3.8) is 0 Å². The lowest BCUT2D eigenvalue weighted by Gasteiger charge is -2.33. The van der Waals surface area contributed by atoms with Gasteiger partial charge in [-0.3, -0.25) is 0 Å². The molecule has 0 bridgehead atoms. The fourth-order valence-electron chi connectivity index (χ4n) is 2.66. The summed E-state index contributed by atoms with van der Waals surface area (Å²) in [4.78, 5) is 25.9. The van der Waals surface area contributed by atoms with Gasteiger partial charge in [0.05, 0.1) is 4.47 Å². The molecule has 1 saturated heterocycles. The molecular formula is C18H25BrFN3O3. The van der Waals surface area contributed by atoms with Crippen molar-refractivity contribution in [3.05, 3.63) is 28.0 Å². The Kier molecular flexibility index (Phi) is 6.49. The first kappa shape index (κ1) is 20.5. The molecule has 0 spiro atoms. The van der Waals surface area contributed by atoms with Crippen molar-refractivity contribution in [2.75, 3.05) is 18.4 Å². The second-order valence-electron chi connectivity index (χ2n) is 7.42. The lowest BCUT2D eigenvalue weighted by atomic mass is 10.1. The highest BCUT2D eigenvalue weighted by Gasteiger charge is 2.27. The Morgan fingerprint density at radius 2 is 1.88 bits per heavy atom. The number of hydrogen-bond donors (Lipinski definition) is 2. The normalized spacial score (nSPS) is 15.5. The number of hydrogen-bond acceptors (Lipinski definition) is 3. The number of piperidine rings is 1. The van der Waals surface area contributed by atoms with Gasteiger partial charge in [0, 0.05) is 24.8 Å². The van der Waals surface area contributed by atoms with Crippen LogP contribution in [0.5, 0.6) is 0 Å². The molecule has 1 aliphatic rings. The van der Waals surface area contributed by atoms with Crippen LogP contribution < -0.4 is 10.6 Å². The maximum atomic E-state index is 13.6. The zero-order valence-electron chi connectivity index (χ0n) is 15.5. The van der Waals surface area contributed by atoms with E-state index in [1.54, 1.807) is 17.9 Å². The molecule has 0 aromatic heterocycles. The van der Waals surface area contributed by atoms with Gasteiger partial charge in [-0.25, -0.2) is 14.0 Å². The Labute approximate surface area is 161 Å². The number of anilines is 1. The van der Waals surface area contributed by atoms with Crippen molar-refractivity contribution < 1.29 is 18.7 Å². The first-order valence-corrected chi connectivity index (χ1v) is 9.35. The van der Waals surface area contributed by atoms with Crippen molar-refractivity contribution in [2.24, 2.45) is 0 Å². The molecule has 8 heteroatoms. The Hall–Kier alpha value is -1.83. The van der Waals surface area contributed by atoms with Crippen LogP contribution in [0.4, 0.5) is 19.7 Å². The van der Waals surface area contributed by atoms with E-state index < -0.39 is 11.4 Å². The summed E-state index contributed by atoms with van der Waals surface area (Å²) in [6.45, 7) is 8.32. The molecule has 26 heavy (non-hydrogen) atoms. The molecule has 0 radical (unpaired) electrons. The maximum Gasteiger partial charge on any atom is 0.410 e. The summed E-state index contributed by atoms with van der Waals surface area (Å²) < 4.78 is 19.3. The molecule has 144 valence electrons. The SMILES string of the molecule is Cc1cc(Br)c(F)cc1NC(=O)NC1CCN(C(=O)OC(C)(C)C)CC1. The second kappa shape index (κ2) is 8.24. The van der Waals surface area contributed by atoms with Crippen LogP contribution in [0.15, 0.2) is 16.6 Å². The number of nitrogens with one attached hydrogen (secondary N) is 2. The summed E-state index contributed by atoms with van der Waals surface area (Å²) in [5.74, 6) is -0.434. The number of carbonyl (C=O) groups is 2. The van der Waals surface area contributed by atoms with Gasteiger partial charge in [-0.2, -0.15) is 0 Å². The number of aryl methyl sites for hydroxylation is 1. The van der Waals surface area contributed by atoms with Gasteiger partial charge in [0.2, 0.25) is 0 Å². The van der Waals surface area contributed by atoms with E-state index in [-0.39, 0.29) is 18.2 Å². The average molecular weight is 430 g/mol. The van der Waals surface area contributed by atoms with E-state index >= 15 is 0 Å². The third-order valence-electron chi connectivity index (χ3n) is 4.00. The minimum atomic E-state index is -0.524. The van der Waals surface area contributed by atoms with Crippen molar-refractivity contribution in [3.8, 4) is 0 Å². The van der Waals surface area contributed by atoms with E-state index in [1.165, 1.54) is 6.07 Å². The van der Waals surface area contributed by atoms with Gasteiger partial charge in [-0.15, -0.1) is 0 Å². The van der Waals surface area contributed by atoms with E-state index in [4.69, 9.17) is 4.74 Å². The summed E-state index contributed by atoms with van der Waals surface area (Å²) in [5.41, 5.74) is 0.659. The van der Waals surface area contributed by atoms with Crippen LogP contribution in [-0.2, 0) is 4.74 Å². The number of ether oxygens (including phenoxy) is 1. The molecule has 0 atom stereocenters. The van der Waals surface area contributed by atoms with Crippen LogP contribution in [-0.4, -0.2) is 41.8 Å². The molecule has 2 N–H and O–H groups in total. The third kappa shape index (κ3) is 5.86. The number of halogens is 2. The van der Waals surface area contributed by atoms with E-state index in [0.29, 0.717) is 36.1 Å². The van der Waals surface area contributed by atoms with Crippen LogP contribution in [0.2, 0.25) is 0 Å². The van der Waals surface area contributed by atoms with E-state index in [0.717, 1.165) is 5.56 Å². The van der Waals surface area contributed by atoms with Gasteiger partial charge < -0.3 is 20.3 Å². The molecule has 1 heterocycles. The van der Waals surface area contributed by atoms with Crippen molar-refractivity contribution >= 4 is 33.7 Å². The molecule has 6 nitrogen and oxygen atoms in total. The Bertz CT molecular complexity index is 683. The van der Waals surface area contributed by atoms with E-state index in [2.05, 4.69) is 26.6 Å². The number of amides is 3. The highest BCUT2D eigenvalue weighted by molar-refractivity contribution is 9.10. The molecule has 2 rings (SSSR count).